The normalized spacial score (nSPS) is 23.7. The number of carbonyl (C=O) groups is 1. The molecule has 9 heteroatoms. The van der Waals surface area contributed by atoms with Gasteiger partial charge >= 0.3 is 0 Å². The van der Waals surface area contributed by atoms with Gasteiger partial charge in [-0.15, -0.1) is 36.2 Å². The molecular formula is C20H36Cl2N4O2S. The first-order valence-electron chi connectivity index (χ1n) is 10.3. The number of amides is 1. The Morgan fingerprint density at radius 2 is 2.00 bits per heavy atom. The third kappa shape index (κ3) is 7.96. The number of ether oxygens (including phenoxy) is 1. The maximum absolute atomic E-state index is 12.8. The Hall–Kier alpha value is -0.440. The highest BCUT2D eigenvalue weighted by atomic mass is 35.5. The van der Waals surface area contributed by atoms with Crippen molar-refractivity contribution in [2.24, 2.45) is 11.7 Å². The third-order valence-electron chi connectivity index (χ3n) is 5.63. The summed E-state index contributed by atoms with van der Waals surface area (Å²) < 4.78 is 5.49. The number of halogens is 2. The van der Waals surface area contributed by atoms with Gasteiger partial charge in [0.15, 0.2) is 0 Å². The molecular weight excluding hydrogens is 431 g/mol. The zero-order valence-electron chi connectivity index (χ0n) is 17.5. The number of nitrogens with one attached hydrogen (secondary N) is 1. The highest BCUT2D eigenvalue weighted by molar-refractivity contribution is 7.09. The largest absolute Gasteiger partial charge is 0.381 e. The molecule has 29 heavy (non-hydrogen) atoms. The van der Waals surface area contributed by atoms with Gasteiger partial charge < -0.3 is 15.8 Å². The Bertz CT molecular complexity index is 611. The van der Waals surface area contributed by atoms with Gasteiger partial charge in [-0.2, -0.15) is 0 Å². The molecule has 0 aromatic carbocycles. The van der Waals surface area contributed by atoms with Crippen molar-refractivity contribution in [2.45, 2.75) is 64.0 Å². The van der Waals surface area contributed by atoms with E-state index in [0.717, 1.165) is 64.1 Å². The van der Waals surface area contributed by atoms with Crippen molar-refractivity contribution >= 4 is 42.1 Å². The molecule has 2 saturated heterocycles. The fraction of sp³-hybridized carbons (Fsp3) is 0.800. The van der Waals surface area contributed by atoms with Gasteiger partial charge in [-0.1, -0.05) is 13.8 Å². The minimum atomic E-state index is 0. The lowest BCUT2D eigenvalue weighted by atomic mass is 10.0. The Labute approximate surface area is 191 Å². The van der Waals surface area contributed by atoms with Gasteiger partial charge in [0.1, 0.15) is 0 Å². The Morgan fingerprint density at radius 3 is 2.66 bits per heavy atom. The second kappa shape index (κ2) is 13.1. The number of nitrogens with zero attached hydrogens (tertiary/aromatic N) is 2. The number of thiazole rings is 1. The van der Waals surface area contributed by atoms with Gasteiger partial charge in [-0.3, -0.25) is 9.69 Å². The van der Waals surface area contributed by atoms with E-state index in [2.05, 4.69) is 34.4 Å². The predicted molar refractivity (Wildman–Crippen MR) is 124 cm³/mol. The molecule has 0 aliphatic carbocycles. The second-order valence-corrected chi connectivity index (χ2v) is 9.09. The molecule has 3 rings (SSSR count). The number of likely N-dealkylation sites (tertiary alicyclic amines) is 1. The first-order chi connectivity index (χ1) is 13.0. The maximum Gasteiger partial charge on any atom is 0.224 e. The van der Waals surface area contributed by atoms with Crippen LogP contribution in [-0.2, 0) is 16.0 Å². The van der Waals surface area contributed by atoms with Gasteiger partial charge in [0.2, 0.25) is 5.91 Å². The molecule has 2 aliphatic heterocycles. The van der Waals surface area contributed by atoms with Gasteiger partial charge in [-0.05, 0) is 25.7 Å². The van der Waals surface area contributed by atoms with Gasteiger partial charge in [0, 0.05) is 62.7 Å². The summed E-state index contributed by atoms with van der Waals surface area (Å²) in [6.07, 6.45) is 4.68. The zero-order chi connectivity index (χ0) is 19.2. The van der Waals surface area contributed by atoms with Crippen molar-refractivity contribution in [3.63, 3.8) is 0 Å². The molecule has 0 saturated carbocycles. The summed E-state index contributed by atoms with van der Waals surface area (Å²) in [6.45, 7) is 8.32. The number of hydrogen-bond donors (Lipinski definition) is 2. The predicted octanol–water partition coefficient (Wildman–Crippen LogP) is 2.99. The minimum absolute atomic E-state index is 0. The van der Waals surface area contributed by atoms with Crippen LogP contribution in [0.25, 0.3) is 0 Å². The number of carbonyl (C=O) groups excluding carboxylic acids is 1. The lowest BCUT2D eigenvalue weighted by Crippen LogP contribution is -2.47. The van der Waals surface area contributed by atoms with Gasteiger partial charge in [0.25, 0.3) is 0 Å². The topological polar surface area (TPSA) is 80.5 Å². The summed E-state index contributed by atoms with van der Waals surface area (Å²) in [5, 5.41) is 6.42. The van der Waals surface area contributed by atoms with Crippen LogP contribution in [0.15, 0.2) is 5.38 Å². The average Bonchev–Trinajstić information content (AvgIpc) is 3.05. The molecule has 2 fully saturated rings. The fourth-order valence-electron chi connectivity index (χ4n) is 3.98. The van der Waals surface area contributed by atoms with Crippen LogP contribution < -0.4 is 11.1 Å². The summed E-state index contributed by atoms with van der Waals surface area (Å²) >= 11 is 1.71. The van der Waals surface area contributed by atoms with Crippen LogP contribution in [0, 0.1) is 5.92 Å². The molecule has 1 amide bonds. The molecule has 0 unspecified atom stereocenters. The van der Waals surface area contributed by atoms with E-state index in [-0.39, 0.29) is 42.7 Å². The Kier molecular flexibility index (Phi) is 12.0. The molecule has 2 aliphatic rings. The first-order valence-corrected chi connectivity index (χ1v) is 11.2. The molecule has 0 bridgehead atoms. The monoisotopic (exact) mass is 466 g/mol. The van der Waals surface area contributed by atoms with E-state index in [9.17, 15) is 4.79 Å². The highest BCUT2D eigenvalue weighted by Gasteiger charge is 2.31. The van der Waals surface area contributed by atoms with E-state index in [1.165, 1.54) is 5.01 Å². The van der Waals surface area contributed by atoms with Crippen molar-refractivity contribution in [1.82, 2.24) is 15.2 Å². The lowest BCUT2D eigenvalue weighted by molar-refractivity contribution is -0.125. The van der Waals surface area contributed by atoms with Gasteiger partial charge in [0.05, 0.1) is 16.6 Å². The van der Waals surface area contributed by atoms with Crippen LogP contribution in [-0.4, -0.2) is 60.7 Å². The Balaban J connectivity index is 0.00000210. The van der Waals surface area contributed by atoms with Crippen LogP contribution in [0.5, 0.6) is 0 Å². The highest BCUT2D eigenvalue weighted by Crippen LogP contribution is 2.23. The van der Waals surface area contributed by atoms with E-state index in [4.69, 9.17) is 10.5 Å². The molecule has 0 radical (unpaired) electrons. The number of rotatable bonds is 6. The fourth-order valence-corrected chi connectivity index (χ4v) is 4.85. The van der Waals surface area contributed by atoms with Crippen molar-refractivity contribution in [2.75, 3.05) is 32.8 Å². The smallest absolute Gasteiger partial charge is 0.224 e. The van der Waals surface area contributed by atoms with Crippen LogP contribution in [0.3, 0.4) is 0 Å². The summed E-state index contributed by atoms with van der Waals surface area (Å²) in [7, 11) is 0. The summed E-state index contributed by atoms with van der Waals surface area (Å²) in [5.41, 5.74) is 7.36. The van der Waals surface area contributed by atoms with Crippen molar-refractivity contribution < 1.29 is 9.53 Å². The van der Waals surface area contributed by atoms with Crippen molar-refractivity contribution in [1.29, 1.82) is 0 Å². The van der Waals surface area contributed by atoms with Crippen molar-refractivity contribution in [3.8, 4) is 0 Å². The van der Waals surface area contributed by atoms with Crippen molar-refractivity contribution in [3.05, 3.63) is 16.1 Å². The zero-order valence-corrected chi connectivity index (χ0v) is 19.9. The third-order valence-corrected chi connectivity index (χ3v) is 6.83. The number of hydrogen-bond acceptors (Lipinski definition) is 6. The van der Waals surface area contributed by atoms with Crippen LogP contribution >= 0.6 is 36.2 Å². The standard InChI is InChI=1S/C20H34N4O2S.2ClH/c1-14(2)20-23-17(13-27-20)5-8-22-19(25)15-3-4-16(21)12-24(11-15)18-6-9-26-10-7-18;;/h13-16,18H,3-12,21H2,1-2H3,(H,22,25);2*1H/t15-,16+;;/m1../s1. The van der Waals surface area contributed by atoms with E-state index in [1.807, 2.05) is 0 Å². The quantitative estimate of drug-likeness (QED) is 0.673. The molecule has 3 heterocycles. The molecule has 1 aromatic heterocycles. The molecule has 2 atom stereocenters. The second-order valence-electron chi connectivity index (χ2n) is 8.20. The SMILES string of the molecule is CC(C)c1nc(CCNC(=O)[C@@H]2CC[C@H](N)CN(C3CCOCC3)C2)cs1.Cl.Cl. The van der Waals surface area contributed by atoms with E-state index in [0.29, 0.717) is 18.5 Å². The number of aromatic nitrogens is 1. The van der Waals surface area contributed by atoms with Crippen LogP contribution in [0.2, 0.25) is 0 Å². The lowest BCUT2D eigenvalue weighted by Gasteiger charge is -2.35. The average molecular weight is 468 g/mol. The number of nitrogens with two attached hydrogens (primary N) is 1. The Morgan fingerprint density at radius 1 is 1.28 bits per heavy atom. The molecule has 6 nitrogen and oxygen atoms in total. The molecule has 0 spiro atoms. The van der Waals surface area contributed by atoms with E-state index >= 15 is 0 Å². The van der Waals surface area contributed by atoms with E-state index in [1.54, 1.807) is 11.3 Å². The summed E-state index contributed by atoms with van der Waals surface area (Å²) in [6, 6.07) is 0.665. The van der Waals surface area contributed by atoms with Crippen LogP contribution in [0.1, 0.15) is 56.2 Å². The minimum Gasteiger partial charge on any atom is -0.381 e. The molecule has 3 N–H and O–H groups in total. The van der Waals surface area contributed by atoms with Gasteiger partial charge in [-0.25, -0.2) is 4.98 Å². The maximum atomic E-state index is 12.8. The first kappa shape index (κ1) is 26.6. The van der Waals surface area contributed by atoms with Crippen LogP contribution in [0.4, 0.5) is 0 Å². The summed E-state index contributed by atoms with van der Waals surface area (Å²) in [5.74, 6) is 0.660. The molecule has 1 aromatic rings. The van der Waals surface area contributed by atoms with E-state index < -0.39 is 0 Å². The molecule has 168 valence electrons. The summed E-state index contributed by atoms with van der Waals surface area (Å²) in [4.78, 5) is 19.9.